The van der Waals surface area contributed by atoms with Gasteiger partial charge in [-0.2, -0.15) is 0 Å². The smallest absolute Gasteiger partial charge is 0.258 e. The number of amides is 1. The largest absolute Gasteiger partial charge is 0.491 e. The highest BCUT2D eigenvalue weighted by molar-refractivity contribution is 5.88. The Labute approximate surface area is 182 Å². The van der Waals surface area contributed by atoms with Crippen LogP contribution >= 0.6 is 0 Å². The van der Waals surface area contributed by atoms with Gasteiger partial charge in [0, 0.05) is 5.39 Å². The molecule has 0 aliphatic carbocycles. The van der Waals surface area contributed by atoms with Crippen molar-refractivity contribution >= 4 is 16.7 Å². The number of nitrogens with one attached hydrogen (secondary N) is 1. The number of carbonyl (C=O) groups excluding carboxylic acids is 1. The predicted octanol–water partition coefficient (Wildman–Crippen LogP) is 5.39. The van der Waals surface area contributed by atoms with E-state index in [9.17, 15) is 4.79 Å². The lowest BCUT2D eigenvalue weighted by atomic mass is 10.0. The van der Waals surface area contributed by atoms with Crippen LogP contribution in [0.3, 0.4) is 0 Å². The predicted molar refractivity (Wildman–Crippen MR) is 125 cm³/mol. The van der Waals surface area contributed by atoms with Crippen LogP contribution in [0.2, 0.25) is 0 Å². The molecule has 4 aromatic carbocycles. The molecule has 4 aromatic rings. The van der Waals surface area contributed by atoms with Crippen LogP contribution in [-0.4, -0.2) is 25.7 Å². The number of rotatable bonds is 8. The van der Waals surface area contributed by atoms with E-state index in [0.717, 1.165) is 27.6 Å². The molecule has 0 aliphatic heterocycles. The van der Waals surface area contributed by atoms with Gasteiger partial charge in [-0.1, -0.05) is 78.4 Å². The Balaban J connectivity index is 1.21. The monoisotopic (exact) mass is 411 g/mol. The minimum Gasteiger partial charge on any atom is -0.491 e. The molecule has 0 saturated heterocycles. The second kappa shape index (κ2) is 9.81. The van der Waals surface area contributed by atoms with E-state index in [0.29, 0.717) is 18.9 Å². The van der Waals surface area contributed by atoms with Gasteiger partial charge in [0.25, 0.3) is 5.91 Å². The lowest BCUT2D eigenvalue weighted by molar-refractivity contribution is -0.123. The van der Waals surface area contributed by atoms with Crippen molar-refractivity contribution in [3.63, 3.8) is 0 Å². The van der Waals surface area contributed by atoms with Gasteiger partial charge in [0.15, 0.2) is 6.61 Å². The van der Waals surface area contributed by atoms with Crippen molar-refractivity contribution in [1.29, 1.82) is 0 Å². The fraction of sp³-hybridized carbons (Fsp3) is 0.148. The molecule has 0 aromatic heterocycles. The van der Waals surface area contributed by atoms with Crippen LogP contribution in [0, 0.1) is 6.92 Å². The lowest BCUT2D eigenvalue weighted by Gasteiger charge is -2.11. The molecule has 4 nitrogen and oxygen atoms in total. The average molecular weight is 412 g/mol. The molecule has 0 atom stereocenters. The molecule has 0 aliphatic rings. The average Bonchev–Trinajstić information content (AvgIpc) is 2.81. The van der Waals surface area contributed by atoms with Crippen molar-refractivity contribution in [2.45, 2.75) is 6.92 Å². The van der Waals surface area contributed by atoms with E-state index in [1.807, 2.05) is 54.6 Å². The van der Waals surface area contributed by atoms with Crippen molar-refractivity contribution in [2.75, 3.05) is 19.8 Å². The minimum absolute atomic E-state index is 0.0296. The molecule has 1 amide bonds. The third-order valence-corrected chi connectivity index (χ3v) is 5.04. The van der Waals surface area contributed by atoms with E-state index in [1.165, 1.54) is 5.56 Å². The van der Waals surface area contributed by atoms with Gasteiger partial charge in [0.2, 0.25) is 0 Å². The third kappa shape index (κ3) is 5.43. The molecule has 0 radical (unpaired) electrons. The molecule has 0 unspecified atom stereocenters. The Morgan fingerprint density at radius 3 is 2.23 bits per heavy atom. The molecule has 0 bridgehead atoms. The number of fused-ring (bicyclic) bond motifs is 1. The zero-order valence-corrected chi connectivity index (χ0v) is 17.5. The first-order chi connectivity index (χ1) is 15.2. The first kappa shape index (κ1) is 20.5. The van der Waals surface area contributed by atoms with E-state index in [4.69, 9.17) is 9.47 Å². The molecule has 0 spiro atoms. The normalized spacial score (nSPS) is 10.6. The number of ether oxygens (including phenoxy) is 2. The molecule has 31 heavy (non-hydrogen) atoms. The van der Waals surface area contributed by atoms with Crippen LogP contribution < -0.4 is 14.8 Å². The quantitative estimate of drug-likeness (QED) is 0.396. The maximum atomic E-state index is 12.1. The van der Waals surface area contributed by atoms with Crippen LogP contribution in [-0.2, 0) is 4.79 Å². The van der Waals surface area contributed by atoms with Crippen LogP contribution in [0.5, 0.6) is 11.5 Å². The van der Waals surface area contributed by atoms with Gasteiger partial charge in [-0.15, -0.1) is 0 Å². The van der Waals surface area contributed by atoms with Gasteiger partial charge in [-0.05, 0) is 41.6 Å². The Hall–Kier alpha value is -3.79. The highest BCUT2D eigenvalue weighted by atomic mass is 16.5. The highest BCUT2D eigenvalue weighted by Gasteiger charge is 2.05. The first-order valence-corrected chi connectivity index (χ1v) is 10.4. The second-order valence-corrected chi connectivity index (χ2v) is 7.35. The van der Waals surface area contributed by atoms with Crippen LogP contribution in [0.4, 0.5) is 0 Å². The van der Waals surface area contributed by atoms with E-state index in [2.05, 4.69) is 48.6 Å². The number of benzene rings is 4. The van der Waals surface area contributed by atoms with Gasteiger partial charge in [0.1, 0.15) is 18.1 Å². The van der Waals surface area contributed by atoms with Gasteiger partial charge in [-0.25, -0.2) is 0 Å². The summed E-state index contributed by atoms with van der Waals surface area (Å²) in [4.78, 5) is 12.1. The van der Waals surface area contributed by atoms with Crippen molar-refractivity contribution in [2.24, 2.45) is 0 Å². The molecule has 156 valence electrons. The van der Waals surface area contributed by atoms with E-state index < -0.39 is 0 Å². The SMILES string of the molecule is Cc1ccc(-c2ccc(OCC(=O)NCCOc3cccc4ccccc34)cc2)cc1. The summed E-state index contributed by atoms with van der Waals surface area (Å²) >= 11 is 0. The summed E-state index contributed by atoms with van der Waals surface area (Å²) in [6.45, 7) is 2.85. The van der Waals surface area contributed by atoms with Gasteiger partial charge >= 0.3 is 0 Å². The zero-order valence-electron chi connectivity index (χ0n) is 17.5. The zero-order chi connectivity index (χ0) is 21.5. The van der Waals surface area contributed by atoms with Crippen LogP contribution in [0.25, 0.3) is 21.9 Å². The van der Waals surface area contributed by atoms with Gasteiger partial charge in [0.05, 0.1) is 6.54 Å². The summed E-state index contributed by atoms with van der Waals surface area (Å²) in [6.07, 6.45) is 0. The number of carbonyl (C=O) groups is 1. The van der Waals surface area contributed by atoms with Crippen LogP contribution in [0.15, 0.2) is 91.0 Å². The minimum atomic E-state index is -0.177. The summed E-state index contributed by atoms with van der Waals surface area (Å²) in [7, 11) is 0. The number of hydrogen-bond acceptors (Lipinski definition) is 3. The summed E-state index contributed by atoms with van der Waals surface area (Å²) in [5.41, 5.74) is 3.50. The summed E-state index contributed by atoms with van der Waals surface area (Å²) in [6, 6.07) is 30.2. The second-order valence-electron chi connectivity index (χ2n) is 7.35. The number of aryl methyl sites for hydroxylation is 1. The van der Waals surface area contributed by atoms with Gasteiger partial charge < -0.3 is 14.8 Å². The molecule has 0 heterocycles. The van der Waals surface area contributed by atoms with Crippen molar-refractivity contribution in [3.8, 4) is 22.6 Å². The Kier molecular flexibility index (Phi) is 6.48. The fourth-order valence-electron chi connectivity index (χ4n) is 3.36. The lowest BCUT2D eigenvalue weighted by Crippen LogP contribution is -2.32. The fourth-order valence-corrected chi connectivity index (χ4v) is 3.36. The van der Waals surface area contributed by atoms with Gasteiger partial charge in [-0.3, -0.25) is 4.79 Å². The summed E-state index contributed by atoms with van der Waals surface area (Å²) in [5, 5.41) is 5.02. The molecule has 1 N–H and O–H groups in total. The molecular formula is C27H25NO3. The topological polar surface area (TPSA) is 47.6 Å². The van der Waals surface area contributed by atoms with E-state index in [1.54, 1.807) is 0 Å². The first-order valence-electron chi connectivity index (χ1n) is 10.4. The Morgan fingerprint density at radius 1 is 0.774 bits per heavy atom. The Morgan fingerprint density at radius 2 is 1.45 bits per heavy atom. The molecule has 0 fully saturated rings. The molecule has 0 saturated carbocycles. The summed E-state index contributed by atoms with van der Waals surface area (Å²) < 4.78 is 11.4. The van der Waals surface area contributed by atoms with Crippen molar-refractivity contribution < 1.29 is 14.3 Å². The van der Waals surface area contributed by atoms with Crippen LogP contribution in [0.1, 0.15) is 5.56 Å². The molecule has 4 heteroatoms. The maximum absolute atomic E-state index is 12.1. The number of hydrogen-bond donors (Lipinski definition) is 1. The Bertz CT molecular complexity index is 1150. The molecular weight excluding hydrogens is 386 g/mol. The highest BCUT2D eigenvalue weighted by Crippen LogP contribution is 2.25. The maximum Gasteiger partial charge on any atom is 0.258 e. The van der Waals surface area contributed by atoms with Crippen molar-refractivity contribution in [3.05, 3.63) is 96.6 Å². The molecule has 4 rings (SSSR count). The van der Waals surface area contributed by atoms with E-state index >= 15 is 0 Å². The third-order valence-electron chi connectivity index (χ3n) is 5.04. The van der Waals surface area contributed by atoms with Crippen molar-refractivity contribution in [1.82, 2.24) is 5.32 Å². The standard InChI is InChI=1S/C27H25NO3/c1-20-9-11-21(12-10-20)22-13-15-24(16-14-22)31-19-27(29)28-17-18-30-26-8-4-6-23-5-2-3-7-25(23)26/h2-16H,17-19H2,1H3,(H,28,29). The van der Waals surface area contributed by atoms with E-state index in [-0.39, 0.29) is 12.5 Å². The summed E-state index contributed by atoms with van der Waals surface area (Å²) in [5.74, 6) is 1.31.